The van der Waals surface area contributed by atoms with Crippen LogP contribution in [0, 0.1) is 0 Å². The minimum Gasteiger partial charge on any atom is -1.00 e. The Hall–Kier alpha value is -0.910. The third-order valence-corrected chi connectivity index (χ3v) is 6.54. The van der Waals surface area contributed by atoms with E-state index in [0.29, 0.717) is 18.1 Å². The molecule has 0 saturated carbocycles. The second-order valence-electron chi connectivity index (χ2n) is 7.88. The maximum absolute atomic E-state index is 12.6. The molecule has 5 atom stereocenters. The SMILES string of the molecule is CC(C)[N+]1(C)C2CC[C@@H]1CC(OC(=O)C(CO)c1ccccc1)C2.[Br-]. The first-order valence-corrected chi connectivity index (χ1v) is 9.18. The Morgan fingerprint density at radius 2 is 1.76 bits per heavy atom. The van der Waals surface area contributed by atoms with E-state index < -0.39 is 5.92 Å². The van der Waals surface area contributed by atoms with Gasteiger partial charge in [-0.2, -0.15) is 0 Å². The van der Waals surface area contributed by atoms with E-state index in [1.165, 1.54) is 12.8 Å². The van der Waals surface area contributed by atoms with Gasteiger partial charge in [0, 0.05) is 25.7 Å². The molecule has 0 spiro atoms. The maximum atomic E-state index is 12.6. The van der Waals surface area contributed by atoms with Crippen LogP contribution in [-0.4, -0.2) is 53.4 Å². The molecule has 2 aliphatic rings. The minimum absolute atomic E-state index is 0. The Bertz CT molecular complexity index is 564. The maximum Gasteiger partial charge on any atom is 0.316 e. The van der Waals surface area contributed by atoms with Crippen molar-refractivity contribution < 1.29 is 36.1 Å². The molecule has 3 rings (SSSR count). The third-order valence-electron chi connectivity index (χ3n) is 6.54. The van der Waals surface area contributed by atoms with E-state index in [-0.39, 0.29) is 35.7 Å². The monoisotopic (exact) mass is 411 g/mol. The number of nitrogens with zero attached hydrogens (tertiary/aromatic N) is 1. The minimum atomic E-state index is -0.572. The number of piperidine rings is 1. The van der Waals surface area contributed by atoms with Gasteiger partial charge in [-0.1, -0.05) is 30.3 Å². The normalized spacial score (nSPS) is 32.1. The summed E-state index contributed by atoms with van der Waals surface area (Å²) in [5.41, 5.74) is 0.826. The summed E-state index contributed by atoms with van der Waals surface area (Å²) in [6.07, 6.45) is 4.36. The number of hydrogen-bond donors (Lipinski definition) is 1. The first kappa shape index (κ1) is 20.4. The van der Waals surface area contributed by atoms with Gasteiger partial charge in [-0.3, -0.25) is 4.79 Å². The topological polar surface area (TPSA) is 46.5 Å². The molecule has 0 amide bonds. The molecule has 4 unspecified atom stereocenters. The molecule has 1 N–H and O–H groups in total. The lowest BCUT2D eigenvalue weighted by Crippen LogP contribution is -3.00. The number of esters is 1. The summed E-state index contributed by atoms with van der Waals surface area (Å²) in [5.74, 6) is -0.856. The van der Waals surface area contributed by atoms with Gasteiger partial charge in [0.2, 0.25) is 0 Å². The number of fused-ring (bicyclic) bond motifs is 2. The van der Waals surface area contributed by atoms with E-state index in [2.05, 4.69) is 20.9 Å². The molecule has 2 bridgehead atoms. The molecule has 0 radical (unpaired) electrons. The summed E-state index contributed by atoms with van der Waals surface area (Å²) >= 11 is 0. The Labute approximate surface area is 161 Å². The number of carbonyl (C=O) groups excluding carboxylic acids is 1. The average molecular weight is 412 g/mol. The van der Waals surface area contributed by atoms with Crippen molar-refractivity contribution in [2.45, 2.75) is 69.7 Å². The van der Waals surface area contributed by atoms with Gasteiger partial charge in [0.05, 0.1) is 31.8 Å². The number of rotatable bonds is 5. The summed E-state index contributed by atoms with van der Waals surface area (Å²) in [7, 11) is 2.37. The van der Waals surface area contributed by atoms with Gasteiger partial charge < -0.3 is 31.3 Å². The van der Waals surface area contributed by atoms with Crippen LogP contribution in [0.5, 0.6) is 0 Å². The van der Waals surface area contributed by atoms with E-state index in [1.807, 2.05) is 30.3 Å². The fourth-order valence-electron chi connectivity index (χ4n) is 4.82. The number of carbonyl (C=O) groups is 1. The molecular weight excluding hydrogens is 382 g/mol. The highest BCUT2D eigenvalue weighted by Gasteiger charge is 2.53. The lowest BCUT2D eigenvalue weighted by molar-refractivity contribution is -0.968. The summed E-state index contributed by atoms with van der Waals surface area (Å²) in [5, 5.41) is 9.65. The first-order chi connectivity index (χ1) is 11.5. The molecule has 2 aliphatic heterocycles. The van der Waals surface area contributed by atoms with Gasteiger partial charge in [0.25, 0.3) is 0 Å². The second kappa shape index (κ2) is 8.19. The Morgan fingerprint density at radius 1 is 1.20 bits per heavy atom. The number of hydrogen-bond acceptors (Lipinski definition) is 3. The van der Waals surface area contributed by atoms with Crippen molar-refractivity contribution in [2.24, 2.45) is 0 Å². The van der Waals surface area contributed by atoms with E-state index >= 15 is 0 Å². The van der Waals surface area contributed by atoms with Crippen molar-refractivity contribution in [2.75, 3.05) is 13.7 Å². The van der Waals surface area contributed by atoms with Crippen LogP contribution in [0.25, 0.3) is 0 Å². The number of quaternary nitrogens is 1. The number of aliphatic hydroxyl groups excluding tert-OH is 1. The second-order valence-corrected chi connectivity index (χ2v) is 7.88. The predicted molar refractivity (Wildman–Crippen MR) is 93.5 cm³/mol. The van der Waals surface area contributed by atoms with E-state index in [1.54, 1.807) is 0 Å². The third kappa shape index (κ3) is 3.79. The van der Waals surface area contributed by atoms with Crippen LogP contribution in [0.1, 0.15) is 51.0 Å². The van der Waals surface area contributed by atoms with Crippen LogP contribution in [0.3, 0.4) is 0 Å². The largest absolute Gasteiger partial charge is 1.00 e. The zero-order valence-corrected chi connectivity index (χ0v) is 17.0. The van der Waals surface area contributed by atoms with Crippen LogP contribution < -0.4 is 17.0 Å². The highest BCUT2D eigenvalue weighted by atomic mass is 79.9. The van der Waals surface area contributed by atoms with Crippen molar-refractivity contribution in [1.82, 2.24) is 0 Å². The molecule has 140 valence electrons. The van der Waals surface area contributed by atoms with Crippen molar-refractivity contribution in [3.8, 4) is 0 Å². The number of halogens is 1. The Kier molecular flexibility index (Phi) is 6.68. The molecular formula is C20H30BrNO3. The molecule has 2 heterocycles. The van der Waals surface area contributed by atoms with Crippen molar-refractivity contribution in [3.05, 3.63) is 35.9 Å². The number of aliphatic hydroxyl groups is 1. The smallest absolute Gasteiger partial charge is 0.316 e. The molecule has 2 fully saturated rings. The standard InChI is InChI=1S/C20H30NO3.BrH/c1-14(2)21(3)16-9-10-17(21)12-18(11-16)24-20(23)19(13-22)15-7-5-4-6-8-15;/h4-8,14,16-19,22H,9-13H2,1-3H3;1H/q+1;/p-1/t16-,17?,18?,19?,21?;/m1./s1. The van der Waals surface area contributed by atoms with Crippen molar-refractivity contribution >= 4 is 5.97 Å². The molecule has 0 aromatic heterocycles. The highest BCUT2D eigenvalue weighted by molar-refractivity contribution is 5.78. The molecule has 25 heavy (non-hydrogen) atoms. The number of benzene rings is 1. The van der Waals surface area contributed by atoms with Crippen LogP contribution in [0.15, 0.2) is 30.3 Å². The molecule has 4 nitrogen and oxygen atoms in total. The summed E-state index contributed by atoms with van der Waals surface area (Å²) in [4.78, 5) is 12.6. The fraction of sp³-hybridized carbons (Fsp3) is 0.650. The number of ether oxygens (including phenoxy) is 1. The van der Waals surface area contributed by atoms with Gasteiger partial charge in [-0.05, 0) is 19.4 Å². The quantitative estimate of drug-likeness (QED) is 0.541. The highest BCUT2D eigenvalue weighted by Crippen LogP contribution is 2.44. The van der Waals surface area contributed by atoms with Crippen LogP contribution in [-0.2, 0) is 9.53 Å². The average Bonchev–Trinajstić information content (AvgIpc) is 2.74. The van der Waals surface area contributed by atoms with E-state index in [4.69, 9.17) is 4.74 Å². The van der Waals surface area contributed by atoms with Crippen LogP contribution in [0.2, 0.25) is 0 Å². The van der Waals surface area contributed by atoms with E-state index in [9.17, 15) is 9.90 Å². The molecule has 1 aromatic carbocycles. The lowest BCUT2D eigenvalue weighted by Gasteiger charge is -2.49. The van der Waals surface area contributed by atoms with Crippen molar-refractivity contribution in [1.29, 1.82) is 0 Å². The van der Waals surface area contributed by atoms with Crippen LogP contribution in [0.4, 0.5) is 0 Å². The molecule has 1 aromatic rings. The van der Waals surface area contributed by atoms with Crippen LogP contribution >= 0.6 is 0 Å². The molecule has 0 aliphatic carbocycles. The summed E-state index contributed by atoms with van der Waals surface area (Å²) in [6.45, 7) is 4.39. The Balaban J connectivity index is 0.00000225. The van der Waals surface area contributed by atoms with Gasteiger partial charge in [-0.25, -0.2) is 0 Å². The summed E-state index contributed by atoms with van der Waals surface area (Å²) in [6, 6.07) is 11.2. The van der Waals surface area contributed by atoms with E-state index in [0.717, 1.165) is 22.9 Å². The van der Waals surface area contributed by atoms with Crippen molar-refractivity contribution in [3.63, 3.8) is 0 Å². The molecule has 2 saturated heterocycles. The molecule has 5 heteroatoms. The first-order valence-electron chi connectivity index (χ1n) is 9.18. The predicted octanol–water partition coefficient (Wildman–Crippen LogP) is -0.142. The van der Waals surface area contributed by atoms with Gasteiger partial charge in [0.1, 0.15) is 12.0 Å². The summed E-state index contributed by atoms with van der Waals surface area (Å²) < 4.78 is 6.96. The lowest BCUT2D eigenvalue weighted by atomic mass is 9.94. The fourth-order valence-corrected chi connectivity index (χ4v) is 4.82. The zero-order chi connectivity index (χ0) is 17.3. The van der Waals surface area contributed by atoms with Gasteiger partial charge in [0.15, 0.2) is 0 Å². The van der Waals surface area contributed by atoms with Gasteiger partial charge in [-0.15, -0.1) is 0 Å². The van der Waals surface area contributed by atoms with Gasteiger partial charge >= 0.3 is 5.97 Å². The zero-order valence-electron chi connectivity index (χ0n) is 15.4. The Morgan fingerprint density at radius 3 is 2.24 bits per heavy atom.